The summed E-state index contributed by atoms with van der Waals surface area (Å²) < 4.78 is 0. The lowest BCUT2D eigenvalue weighted by molar-refractivity contribution is 0.128. The summed E-state index contributed by atoms with van der Waals surface area (Å²) in [4.78, 5) is 2.61. The van der Waals surface area contributed by atoms with E-state index in [1.165, 1.54) is 25.7 Å². The van der Waals surface area contributed by atoms with Gasteiger partial charge in [-0.2, -0.15) is 0 Å². The van der Waals surface area contributed by atoms with Crippen molar-refractivity contribution in [1.82, 2.24) is 4.90 Å². The first-order valence-corrected chi connectivity index (χ1v) is 6.94. The van der Waals surface area contributed by atoms with Crippen molar-refractivity contribution in [2.75, 3.05) is 19.6 Å². The largest absolute Gasteiger partial charge is 0.330 e. The van der Waals surface area contributed by atoms with E-state index in [9.17, 15) is 0 Å². The Bertz CT molecular complexity index is 166. The van der Waals surface area contributed by atoms with Crippen LogP contribution >= 0.6 is 0 Å². The van der Waals surface area contributed by atoms with Gasteiger partial charge in [-0.05, 0) is 31.3 Å². The Kier molecular flexibility index (Phi) is 8.04. The highest BCUT2D eigenvalue weighted by atomic mass is 15.2. The Morgan fingerprint density at radius 1 is 1.19 bits per heavy atom. The van der Waals surface area contributed by atoms with Gasteiger partial charge in [-0.25, -0.2) is 0 Å². The Balaban J connectivity index is 4.31. The summed E-state index contributed by atoms with van der Waals surface area (Å²) in [6.07, 6.45) is 5.24. The maximum Gasteiger partial charge on any atom is 0.00927 e. The van der Waals surface area contributed by atoms with Gasteiger partial charge in [0.05, 0.1) is 0 Å². The van der Waals surface area contributed by atoms with Crippen LogP contribution in [0.4, 0.5) is 0 Å². The molecule has 0 heterocycles. The van der Waals surface area contributed by atoms with E-state index in [-0.39, 0.29) is 5.41 Å². The third-order valence-electron chi connectivity index (χ3n) is 3.47. The predicted molar refractivity (Wildman–Crippen MR) is 73.7 cm³/mol. The standard InChI is InChI=1S/C14H32N2/c1-6-9-10-13(7-2)16(8-3)12-14(4,5)11-15/h13H,6-12,15H2,1-5H3. The van der Waals surface area contributed by atoms with Gasteiger partial charge in [0.15, 0.2) is 0 Å². The molecule has 0 aliphatic rings. The summed E-state index contributed by atoms with van der Waals surface area (Å²) in [5.41, 5.74) is 6.07. The molecule has 0 saturated carbocycles. The van der Waals surface area contributed by atoms with Crippen LogP contribution in [0.3, 0.4) is 0 Å². The van der Waals surface area contributed by atoms with Crippen molar-refractivity contribution in [2.24, 2.45) is 11.1 Å². The van der Waals surface area contributed by atoms with Crippen molar-refractivity contribution < 1.29 is 0 Å². The van der Waals surface area contributed by atoms with Crippen LogP contribution in [0.1, 0.15) is 60.3 Å². The highest BCUT2D eigenvalue weighted by Crippen LogP contribution is 2.20. The summed E-state index contributed by atoms with van der Waals surface area (Å²) >= 11 is 0. The topological polar surface area (TPSA) is 29.3 Å². The van der Waals surface area contributed by atoms with E-state index in [0.717, 1.165) is 25.7 Å². The normalized spacial score (nSPS) is 14.4. The highest BCUT2D eigenvalue weighted by Gasteiger charge is 2.23. The fourth-order valence-electron chi connectivity index (χ4n) is 2.20. The van der Waals surface area contributed by atoms with Crippen LogP contribution in [0.25, 0.3) is 0 Å². The van der Waals surface area contributed by atoms with Crippen LogP contribution in [0.5, 0.6) is 0 Å². The van der Waals surface area contributed by atoms with E-state index >= 15 is 0 Å². The van der Waals surface area contributed by atoms with Gasteiger partial charge in [0.25, 0.3) is 0 Å². The Morgan fingerprint density at radius 2 is 1.81 bits per heavy atom. The molecule has 1 atom stereocenters. The van der Waals surface area contributed by atoms with E-state index in [4.69, 9.17) is 5.73 Å². The Morgan fingerprint density at radius 3 is 2.19 bits per heavy atom. The third kappa shape index (κ3) is 5.86. The van der Waals surface area contributed by atoms with Gasteiger partial charge >= 0.3 is 0 Å². The molecule has 2 heteroatoms. The molecular weight excluding hydrogens is 196 g/mol. The molecule has 0 spiro atoms. The minimum Gasteiger partial charge on any atom is -0.330 e. The molecule has 0 amide bonds. The number of hydrogen-bond acceptors (Lipinski definition) is 2. The molecular formula is C14H32N2. The quantitative estimate of drug-likeness (QED) is 0.656. The number of nitrogens with two attached hydrogens (primary N) is 1. The fraction of sp³-hybridized carbons (Fsp3) is 1.00. The minimum absolute atomic E-state index is 0.246. The minimum atomic E-state index is 0.246. The molecule has 0 aliphatic heterocycles. The number of unbranched alkanes of at least 4 members (excludes halogenated alkanes) is 1. The summed E-state index contributed by atoms with van der Waals surface area (Å²) in [6, 6.07) is 0.746. The van der Waals surface area contributed by atoms with Crippen LogP contribution in [-0.2, 0) is 0 Å². The van der Waals surface area contributed by atoms with Gasteiger partial charge < -0.3 is 10.6 Å². The SMILES string of the molecule is CCCCC(CC)N(CC)CC(C)(C)CN. The van der Waals surface area contributed by atoms with Gasteiger partial charge in [0, 0.05) is 12.6 Å². The van der Waals surface area contributed by atoms with Gasteiger partial charge in [-0.1, -0.05) is 47.5 Å². The molecule has 0 fully saturated rings. The zero-order chi connectivity index (χ0) is 12.6. The van der Waals surface area contributed by atoms with Gasteiger partial charge in [0.2, 0.25) is 0 Å². The average molecular weight is 228 g/mol. The first-order chi connectivity index (χ1) is 7.50. The van der Waals surface area contributed by atoms with Crippen LogP contribution in [0.2, 0.25) is 0 Å². The lowest BCUT2D eigenvalue weighted by atomic mass is 9.91. The highest BCUT2D eigenvalue weighted by molar-refractivity contribution is 4.78. The van der Waals surface area contributed by atoms with Crippen LogP contribution < -0.4 is 5.73 Å². The molecule has 0 radical (unpaired) electrons. The molecule has 98 valence electrons. The van der Waals surface area contributed by atoms with Crippen LogP contribution in [-0.4, -0.2) is 30.6 Å². The second kappa shape index (κ2) is 8.08. The van der Waals surface area contributed by atoms with Crippen molar-refractivity contribution >= 4 is 0 Å². The zero-order valence-corrected chi connectivity index (χ0v) is 12.1. The molecule has 0 bridgehead atoms. The summed E-state index contributed by atoms with van der Waals surface area (Å²) in [5.74, 6) is 0. The molecule has 0 aromatic rings. The van der Waals surface area contributed by atoms with Crippen molar-refractivity contribution in [2.45, 2.75) is 66.3 Å². The van der Waals surface area contributed by atoms with E-state index in [2.05, 4.69) is 39.5 Å². The smallest absolute Gasteiger partial charge is 0.00927 e. The lowest BCUT2D eigenvalue weighted by Gasteiger charge is -2.36. The molecule has 0 rings (SSSR count). The maximum absolute atomic E-state index is 5.82. The van der Waals surface area contributed by atoms with Gasteiger partial charge in [-0.3, -0.25) is 0 Å². The number of rotatable bonds is 9. The Hall–Kier alpha value is -0.0800. The van der Waals surface area contributed by atoms with E-state index < -0.39 is 0 Å². The van der Waals surface area contributed by atoms with Crippen molar-refractivity contribution in [3.05, 3.63) is 0 Å². The molecule has 0 aromatic carbocycles. The maximum atomic E-state index is 5.82. The number of hydrogen-bond donors (Lipinski definition) is 1. The van der Waals surface area contributed by atoms with Crippen LogP contribution in [0.15, 0.2) is 0 Å². The lowest BCUT2D eigenvalue weighted by Crippen LogP contribution is -2.43. The molecule has 16 heavy (non-hydrogen) atoms. The summed E-state index contributed by atoms with van der Waals surface area (Å²) in [6.45, 7) is 14.4. The molecule has 2 nitrogen and oxygen atoms in total. The first kappa shape index (κ1) is 15.9. The van der Waals surface area contributed by atoms with E-state index in [1.54, 1.807) is 0 Å². The van der Waals surface area contributed by atoms with Crippen molar-refractivity contribution in [3.8, 4) is 0 Å². The molecule has 2 N–H and O–H groups in total. The fourth-order valence-corrected chi connectivity index (χ4v) is 2.20. The predicted octanol–water partition coefficient (Wildman–Crippen LogP) is 3.26. The summed E-state index contributed by atoms with van der Waals surface area (Å²) in [7, 11) is 0. The molecule has 0 aromatic heterocycles. The first-order valence-electron chi connectivity index (χ1n) is 6.94. The van der Waals surface area contributed by atoms with Gasteiger partial charge in [-0.15, -0.1) is 0 Å². The average Bonchev–Trinajstić information content (AvgIpc) is 2.28. The zero-order valence-electron chi connectivity index (χ0n) is 12.1. The van der Waals surface area contributed by atoms with E-state index in [1.807, 2.05) is 0 Å². The molecule has 1 unspecified atom stereocenters. The summed E-state index contributed by atoms with van der Waals surface area (Å²) in [5, 5.41) is 0. The molecule has 0 aliphatic carbocycles. The van der Waals surface area contributed by atoms with Crippen LogP contribution in [0, 0.1) is 5.41 Å². The monoisotopic (exact) mass is 228 g/mol. The third-order valence-corrected chi connectivity index (χ3v) is 3.47. The second-order valence-corrected chi connectivity index (χ2v) is 5.64. The second-order valence-electron chi connectivity index (χ2n) is 5.64. The van der Waals surface area contributed by atoms with Crippen molar-refractivity contribution in [3.63, 3.8) is 0 Å². The molecule has 0 saturated heterocycles. The Labute approximate surface area is 103 Å². The van der Waals surface area contributed by atoms with E-state index in [0.29, 0.717) is 0 Å². The van der Waals surface area contributed by atoms with Gasteiger partial charge in [0.1, 0.15) is 0 Å². The van der Waals surface area contributed by atoms with Crippen molar-refractivity contribution in [1.29, 1.82) is 0 Å². The number of nitrogens with zero attached hydrogens (tertiary/aromatic N) is 1.